The van der Waals surface area contributed by atoms with Gasteiger partial charge in [-0.1, -0.05) is 13.0 Å². The predicted octanol–water partition coefficient (Wildman–Crippen LogP) is 1.75. The molecule has 1 atom stereocenters. The van der Waals surface area contributed by atoms with Gasteiger partial charge < -0.3 is 15.7 Å². The van der Waals surface area contributed by atoms with Crippen LogP contribution in [0.5, 0.6) is 0 Å². The van der Waals surface area contributed by atoms with Crippen LogP contribution < -0.4 is 10.6 Å². The minimum atomic E-state index is -1.02. The first kappa shape index (κ1) is 15.4. The third-order valence-corrected chi connectivity index (χ3v) is 2.65. The maximum Gasteiger partial charge on any atom is 0.319 e. The molecule has 1 aromatic carbocycles. The summed E-state index contributed by atoms with van der Waals surface area (Å²) in [5, 5.41) is 24.2. The molecule has 0 aliphatic rings. The number of carboxylic acid groups (broad SMARTS) is 1. The van der Waals surface area contributed by atoms with Gasteiger partial charge in [-0.3, -0.25) is 14.9 Å². The lowest BCUT2D eigenvalue weighted by molar-refractivity contribution is -0.385. The molecular weight excluding hydrogens is 266 g/mol. The molecule has 20 heavy (non-hydrogen) atoms. The van der Waals surface area contributed by atoms with E-state index in [1.807, 2.05) is 0 Å². The molecule has 0 spiro atoms. The van der Waals surface area contributed by atoms with Crippen LogP contribution in [-0.4, -0.2) is 28.6 Å². The number of hydrogen-bond acceptors (Lipinski definition) is 4. The lowest BCUT2D eigenvalue weighted by Gasteiger charge is -2.10. The van der Waals surface area contributed by atoms with E-state index in [9.17, 15) is 19.7 Å². The van der Waals surface area contributed by atoms with Gasteiger partial charge in [-0.25, -0.2) is 4.79 Å². The summed E-state index contributed by atoms with van der Waals surface area (Å²) in [5.74, 6) is -1.73. The van der Waals surface area contributed by atoms with Crippen LogP contribution >= 0.6 is 0 Å². The zero-order valence-corrected chi connectivity index (χ0v) is 11.0. The standard InChI is InChI=1S/C12H15N3O5/c1-7-3-4-9(5-10(7)15(19)20)14-12(18)13-6-8(2)11(16)17/h3-5,8H,6H2,1-2H3,(H,16,17)(H2,13,14,18). The Kier molecular flexibility index (Phi) is 5.01. The molecule has 0 bridgehead atoms. The van der Waals surface area contributed by atoms with Crippen molar-refractivity contribution < 1.29 is 19.6 Å². The van der Waals surface area contributed by atoms with Gasteiger partial charge in [-0.2, -0.15) is 0 Å². The van der Waals surface area contributed by atoms with Crippen LogP contribution in [0, 0.1) is 23.0 Å². The average molecular weight is 281 g/mol. The van der Waals surface area contributed by atoms with Crippen LogP contribution in [0.2, 0.25) is 0 Å². The van der Waals surface area contributed by atoms with E-state index in [1.54, 1.807) is 6.92 Å². The highest BCUT2D eigenvalue weighted by molar-refractivity contribution is 5.90. The third-order valence-electron chi connectivity index (χ3n) is 2.65. The summed E-state index contributed by atoms with van der Waals surface area (Å²) in [6.45, 7) is 3.02. The highest BCUT2D eigenvalue weighted by Gasteiger charge is 2.14. The van der Waals surface area contributed by atoms with E-state index in [2.05, 4.69) is 10.6 Å². The van der Waals surface area contributed by atoms with Crippen molar-refractivity contribution in [1.82, 2.24) is 5.32 Å². The van der Waals surface area contributed by atoms with Gasteiger partial charge >= 0.3 is 12.0 Å². The molecule has 2 amide bonds. The number of benzene rings is 1. The molecule has 0 aromatic heterocycles. The van der Waals surface area contributed by atoms with Crippen molar-refractivity contribution in [3.8, 4) is 0 Å². The minimum Gasteiger partial charge on any atom is -0.481 e. The van der Waals surface area contributed by atoms with E-state index in [0.717, 1.165) is 0 Å². The Bertz CT molecular complexity index is 544. The second kappa shape index (κ2) is 6.50. The molecule has 0 aliphatic carbocycles. The molecule has 1 aromatic rings. The lowest BCUT2D eigenvalue weighted by atomic mass is 10.2. The number of rotatable bonds is 5. The van der Waals surface area contributed by atoms with Crippen LogP contribution in [0.3, 0.4) is 0 Å². The Morgan fingerprint density at radius 1 is 1.45 bits per heavy atom. The number of aryl methyl sites for hydroxylation is 1. The summed E-state index contributed by atoms with van der Waals surface area (Å²) in [7, 11) is 0. The highest BCUT2D eigenvalue weighted by Crippen LogP contribution is 2.22. The van der Waals surface area contributed by atoms with Gasteiger partial charge in [0, 0.05) is 23.9 Å². The summed E-state index contributed by atoms with van der Waals surface area (Å²) in [6, 6.07) is 3.68. The average Bonchev–Trinajstić information content (AvgIpc) is 2.37. The number of nitro benzene ring substituents is 1. The molecule has 0 heterocycles. The van der Waals surface area contributed by atoms with Crippen LogP contribution in [0.25, 0.3) is 0 Å². The molecule has 0 saturated carbocycles. The molecule has 0 saturated heterocycles. The molecule has 8 nitrogen and oxygen atoms in total. The number of carboxylic acids is 1. The third kappa shape index (κ3) is 4.23. The molecular formula is C12H15N3O5. The zero-order chi connectivity index (χ0) is 15.3. The Morgan fingerprint density at radius 2 is 2.10 bits per heavy atom. The highest BCUT2D eigenvalue weighted by atomic mass is 16.6. The molecule has 0 aliphatic heterocycles. The molecule has 1 unspecified atom stereocenters. The first-order valence-corrected chi connectivity index (χ1v) is 5.84. The van der Waals surface area contributed by atoms with Gasteiger partial charge in [0.05, 0.1) is 10.8 Å². The van der Waals surface area contributed by atoms with Gasteiger partial charge in [-0.15, -0.1) is 0 Å². The number of hydrogen-bond donors (Lipinski definition) is 3. The Labute approximate surface area is 114 Å². The van der Waals surface area contributed by atoms with Crippen LogP contribution in [0.15, 0.2) is 18.2 Å². The number of nitrogens with zero attached hydrogens (tertiary/aromatic N) is 1. The summed E-state index contributed by atoms with van der Waals surface area (Å²) >= 11 is 0. The Hall–Kier alpha value is -2.64. The van der Waals surface area contributed by atoms with Crippen LogP contribution in [0.4, 0.5) is 16.2 Å². The number of carbonyl (C=O) groups excluding carboxylic acids is 1. The molecule has 8 heteroatoms. The predicted molar refractivity (Wildman–Crippen MR) is 71.7 cm³/mol. The van der Waals surface area contributed by atoms with Crippen molar-refractivity contribution in [3.63, 3.8) is 0 Å². The topological polar surface area (TPSA) is 122 Å². The van der Waals surface area contributed by atoms with Crippen molar-refractivity contribution in [3.05, 3.63) is 33.9 Å². The smallest absolute Gasteiger partial charge is 0.319 e. The van der Waals surface area contributed by atoms with Crippen LogP contribution in [0.1, 0.15) is 12.5 Å². The number of nitrogens with one attached hydrogen (secondary N) is 2. The van der Waals surface area contributed by atoms with E-state index in [0.29, 0.717) is 5.56 Å². The van der Waals surface area contributed by atoms with Crippen molar-refractivity contribution in [2.45, 2.75) is 13.8 Å². The Morgan fingerprint density at radius 3 is 2.65 bits per heavy atom. The van der Waals surface area contributed by atoms with Crippen molar-refractivity contribution in [2.24, 2.45) is 5.92 Å². The van der Waals surface area contributed by atoms with Gasteiger partial charge in [0.25, 0.3) is 5.69 Å². The molecule has 3 N–H and O–H groups in total. The van der Waals surface area contributed by atoms with E-state index in [4.69, 9.17) is 5.11 Å². The maximum absolute atomic E-state index is 11.5. The molecule has 108 valence electrons. The first-order chi connectivity index (χ1) is 9.31. The van der Waals surface area contributed by atoms with E-state index >= 15 is 0 Å². The van der Waals surface area contributed by atoms with Gasteiger partial charge in [0.2, 0.25) is 0 Å². The number of carbonyl (C=O) groups is 2. The van der Waals surface area contributed by atoms with Gasteiger partial charge in [0.15, 0.2) is 0 Å². The largest absolute Gasteiger partial charge is 0.481 e. The monoisotopic (exact) mass is 281 g/mol. The molecule has 1 rings (SSSR count). The fourth-order valence-corrected chi connectivity index (χ4v) is 1.39. The van der Waals surface area contributed by atoms with Gasteiger partial charge in [-0.05, 0) is 13.0 Å². The second-order valence-electron chi connectivity index (χ2n) is 4.33. The number of amides is 2. The minimum absolute atomic E-state index is 0.0326. The summed E-state index contributed by atoms with van der Waals surface area (Å²) in [6.07, 6.45) is 0. The fourth-order valence-electron chi connectivity index (χ4n) is 1.39. The van der Waals surface area contributed by atoms with E-state index in [-0.39, 0.29) is 17.9 Å². The number of aliphatic carboxylic acids is 1. The zero-order valence-electron chi connectivity index (χ0n) is 11.0. The van der Waals surface area contributed by atoms with Crippen molar-refractivity contribution >= 4 is 23.4 Å². The Balaban J connectivity index is 2.65. The first-order valence-electron chi connectivity index (χ1n) is 5.84. The number of urea groups is 1. The summed E-state index contributed by atoms with van der Waals surface area (Å²) < 4.78 is 0. The summed E-state index contributed by atoms with van der Waals surface area (Å²) in [4.78, 5) is 32.3. The van der Waals surface area contributed by atoms with Crippen molar-refractivity contribution in [1.29, 1.82) is 0 Å². The quantitative estimate of drug-likeness (QED) is 0.560. The fraction of sp³-hybridized carbons (Fsp3) is 0.333. The number of anilines is 1. The van der Waals surface area contributed by atoms with Crippen LogP contribution in [-0.2, 0) is 4.79 Å². The molecule has 0 fully saturated rings. The van der Waals surface area contributed by atoms with E-state index < -0.39 is 22.8 Å². The summed E-state index contributed by atoms with van der Waals surface area (Å²) in [5.41, 5.74) is 0.657. The maximum atomic E-state index is 11.5. The normalized spacial score (nSPS) is 11.5. The van der Waals surface area contributed by atoms with E-state index in [1.165, 1.54) is 25.1 Å². The van der Waals surface area contributed by atoms with Gasteiger partial charge in [0.1, 0.15) is 0 Å². The lowest BCUT2D eigenvalue weighted by Crippen LogP contribution is -2.34. The second-order valence-corrected chi connectivity index (χ2v) is 4.33. The molecule has 0 radical (unpaired) electrons. The van der Waals surface area contributed by atoms with Crippen molar-refractivity contribution in [2.75, 3.05) is 11.9 Å². The SMILES string of the molecule is Cc1ccc(NC(=O)NCC(C)C(=O)O)cc1[N+](=O)[O-]. The number of nitro groups is 1.